The minimum absolute atomic E-state index is 0. The van der Waals surface area contributed by atoms with E-state index in [2.05, 4.69) is 0 Å². The van der Waals surface area contributed by atoms with Crippen LogP contribution in [-0.4, -0.2) is 291 Å². The van der Waals surface area contributed by atoms with E-state index < -0.39 is 150 Å². The molecule has 0 aliphatic rings. The molecule has 0 saturated carbocycles. The van der Waals surface area contributed by atoms with Gasteiger partial charge in [0.05, 0.1) is 78.5 Å². The number of carboxylic acids is 12. The first-order valence-electron chi connectivity index (χ1n) is 16.6. The van der Waals surface area contributed by atoms with Gasteiger partial charge in [0.25, 0.3) is 0 Å². The van der Waals surface area contributed by atoms with Crippen LogP contribution < -0.4 is 6.15 Å². The van der Waals surface area contributed by atoms with Gasteiger partial charge < -0.3 is 78.4 Å². The second-order valence-electron chi connectivity index (χ2n) is 12.0. The summed E-state index contributed by atoms with van der Waals surface area (Å²) < 4.78 is 0. The molecule has 37 heteroatoms. The maximum absolute atomic E-state index is 10.6. The molecule has 0 atom stereocenters. The van der Waals surface area contributed by atoms with Crippen LogP contribution in [0.3, 0.4) is 0 Å². The van der Waals surface area contributed by atoms with Gasteiger partial charge in [-0.25, -0.2) is 0 Å². The first-order chi connectivity index (χ1) is 27.6. The van der Waals surface area contributed by atoms with Crippen molar-refractivity contribution in [2.45, 2.75) is 0 Å². The molecule has 0 aromatic rings. The van der Waals surface area contributed by atoms with Crippen molar-refractivity contribution in [3.8, 4) is 0 Å². The summed E-state index contributed by atoms with van der Waals surface area (Å²) in [5.41, 5.74) is 0. The predicted octanol–water partition coefficient (Wildman–Crippen LogP) is -7.71. The van der Waals surface area contributed by atoms with Gasteiger partial charge in [-0.1, -0.05) is 0 Å². The molecule has 0 bridgehead atoms. The van der Waals surface area contributed by atoms with Crippen LogP contribution in [0.4, 0.5) is 0 Å². The van der Waals surface area contributed by atoms with Crippen LogP contribution in [0, 0.1) is 0 Å². The van der Waals surface area contributed by atoms with Crippen LogP contribution in [-0.2, 0) is 126 Å². The molecule has 0 amide bonds. The van der Waals surface area contributed by atoms with E-state index in [1.807, 2.05) is 0 Å². The molecule has 33 nitrogen and oxygen atoms in total. The largest absolute Gasteiger partial charge is 0.480 e. The Balaban J connectivity index is -0.0000000864. The van der Waals surface area contributed by atoms with Gasteiger partial charge in [-0.3, -0.25) is 86.9 Å². The van der Waals surface area contributed by atoms with Crippen molar-refractivity contribution in [1.82, 2.24) is 35.6 Å². The van der Waals surface area contributed by atoms with E-state index in [4.69, 9.17) is 61.3 Å². The van der Waals surface area contributed by atoms with Crippen LogP contribution >= 0.6 is 0 Å². The summed E-state index contributed by atoms with van der Waals surface area (Å²) >= 11 is 0. The van der Waals surface area contributed by atoms with Crippen molar-refractivity contribution in [3.63, 3.8) is 0 Å². The number of rotatable bonds is 33. The zero-order valence-electron chi connectivity index (χ0n) is 34.8. The van der Waals surface area contributed by atoms with E-state index in [0.717, 1.165) is 29.4 Å². The van der Waals surface area contributed by atoms with Crippen molar-refractivity contribution >= 4 is 71.6 Å². The van der Waals surface area contributed by atoms with E-state index in [1.54, 1.807) is 0 Å². The minimum Gasteiger partial charge on any atom is -0.480 e. The van der Waals surface area contributed by atoms with Crippen LogP contribution in [0.15, 0.2) is 0 Å². The fourth-order valence-electron chi connectivity index (χ4n) is 4.43. The summed E-state index contributed by atoms with van der Waals surface area (Å²) in [7, 11) is 0. The zero-order valence-corrected chi connectivity index (χ0v) is 39.2. The number of carboxylic acid groups (broad SMARTS) is 12. The van der Waals surface area contributed by atoms with E-state index in [-0.39, 0.29) is 125 Å². The molecule has 0 spiro atoms. The Morgan fingerprint density at radius 1 is 0.209 bits per heavy atom. The van der Waals surface area contributed by atoms with E-state index in [1.165, 1.54) is 0 Å². The summed E-state index contributed by atoms with van der Waals surface area (Å²) in [6.45, 7) is -6.75. The van der Waals surface area contributed by atoms with Crippen molar-refractivity contribution in [2.75, 3.05) is 118 Å². The van der Waals surface area contributed by atoms with Crippen LogP contribution in [0.25, 0.3) is 0 Å². The normalized spacial score (nSPS) is 9.58. The minimum atomic E-state index is -1.23. The fraction of sp³-hybridized carbons (Fsp3) is 0.600. The molecule has 0 saturated heterocycles. The van der Waals surface area contributed by atoms with Gasteiger partial charge in [0, 0.05) is 108 Å². The first kappa shape index (κ1) is 85.6. The first-order valence-corrected chi connectivity index (χ1v) is 16.6. The summed E-state index contributed by atoms with van der Waals surface area (Å²) in [6, 6.07) is 0. The summed E-state index contributed by atoms with van der Waals surface area (Å²) in [6.07, 6.45) is 0. The van der Waals surface area contributed by atoms with Gasteiger partial charge in [-0.2, -0.15) is 0 Å². The number of carbonyl (C=O) groups is 12. The second-order valence-corrected chi connectivity index (χ2v) is 12.0. The zero-order chi connectivity index (χ0) is 47.1. The Hall–Kier alpha value is -4.64. The fourth-order valence-corrected chi connectivity index (χ4v) is 4.43. The van der Waals surface area contributed by atoms with Crippen LogP contribution in [0.1, 0.15) is 0 Å². The quantitative estimate of drug-likeness (QED) is 0.0272. The van der Waals surface area contributed by atoms with Gasteiger partial charge in [0.15, 0.2) is 0 Å². The number of aliphatic carboxylic acids is 12. The van der Waals surface area contributed by atoms with Gasteiger partial charge >= 0.3 is 71.6 Å². The van der Waals surface area contributed by atoms with Crippen LogP contribution in [0.2, 0.25) is 0 Å². The Morgan fingerprint density at radius 3 is 0.313 bits per heavy atom. The molecule has 0 aliphatic carbocycles. The average molecular weight is 1150 g/mol. The molecule has 398 valence electrons. The van der Waals surface area contributed by atoms with Gasteiger partial charge in [0.2, 0.25) is 0 Å². The molecule has 0 unspecified atom stereocenters. The van der Waals surface area contributed by atoms with Crippen molar-refractivity contribution < 1.29 is 198 Å². The molecule has 0 fully saturated rings. The number of hydrogen-bond acceptors (Lipinski definition) is 19. The standard InChI is InChI=1S/3C10H16N2O8.4Fe.H3N.2H2O/c3*13-7(14)3-11(4-8(15)16)1-2-12(5-9(17)18)6-10(19)20;;;;;;;/h3*1-6H2,(H,13,14)(H,15,16)(H,17,18)(H,19,20);;;;;1H3;2*1H2. The predicted molar refractivity (Wildman–Crippen MR) is 203 cm³/mol. The number of nitrogens with zero attached hydrogens (tertiary/aromatic N) is 6. The molecule has 0 radical (unpaired) electrons. The Morgan fingerprint density at radius 2 is 0.269 bits per heavy atom. The third-order valence-corrected chi connectivity index (χ3v) is 6.50. The molecule has 0 aromatic carbocycles. The van der Waals surface area contributed by atoms with E-state index in [0.29, 0.717) is 0 Å². The third kappa shape index (κ3) is 63.5. The second kappa shape index (κ2) is 49.3. The SMILES string of the molecule is N.O.O.O=C(O)CN(CCN(CC(=O)O)CC(=O)O)CC(=O)O.O=C(O)CN(CCN(CC(=O)O)CC(=O)O)CC(=O)O.O=C(O)CN(CCN(CC(=O)O)CC(=O)O)CC(=O)O.[Fe].[Fe].[Fe].[Fe]. The smallest absolute Gasteiger partial charge is 0.317 e. The van der Waals surface area contributed by atoms with E-state index in [9.17, 15) is 57.5 Å². The van der Waals surface area contributed by atoms with Crippen molar-refractivity contribution in [3.05, 3.63) is 0 Å². The molecule has 0 heterocycles. The molecular formula is C30H55Fe4N7O26. The van der Waals surface area contributed by atoms with Gasteiger partial charge in [0.1, 0.15) is 0 Å². The van der Waals surface area contributed by atoms with Gasteiger partial charge in [-0.05, 0) is 0 Å². The summed E-state index contributed by atoms with van der Waals surface area (Å²) in [4.78, 5) is 133. The Bertz CT molecular complexity index is 1150. The van der Waals surface area contributed by atoms with Crippen molar-refractivity contribution in [2.24, 2.45) is 0 Å². The summed E-state index contributed by atoms with van der Waals surface area (Å²) in [5.74, 6) is -14.7. The maximum Gasteiger partial charge on any atom is 0.317 e. The average Bonchev–Trinajstić information content (AvgIpc) is 3.02. The Kier molecular flexibility index (Phi) is 63.0. The third-order valence-electron chi connectivity index (χ3n) is 6.50. The molecule has 0 aromatic heterocycles. The molecule has 0 rings (SSSR count). The van der Waals surface area contributed by atoms with Gasteiger partial charge in [-0.15, -0.1) is 0 Å². The summed E-state index contributed by atoms with van der Waals surface area (Å²) in [5, 5.41) is 103. The topological polar surface area (TPSA) is 565 Å². The van der Waals surface area contributed by atoms with Crippen LogP contribution in [0.5, 0.6) is 0 Å². The van der Waals surface area contributed by atoms with E-state index >= 15 is 0 Å². The maximum atomic E-state index is 10.6. The molecule has 0 aliphatic heterocycles. The molecule has 67 heavy (non-hydrogen) atoms. The molecular weight excluding hydrogens is 1100 g/mol. The Labute approximate surface area is 421 Å². The molecule has 19 N–H and O–H groups in total. The van der Waals surface area contributed by atoms with Crippen molar-refractivity contribution in [1.29, 1.82) is 0 Å². The monoisotopic (exact) mass is 1150 g/mol. The number of hydrogen-bond donors (Lipinski definition) is 13.